The highest BCUT2D eigenvalue weighted by Gasteiger charge is 2.15. The van der Waals surface area contributed by atoms with Gasteiger partial charge in [0.1, 0.15) is 0 Å². The topological polar surface area (TPSA) is 29.5 Å². The highest BCUT2D eigenvalue weighted by Crippen LogP contribution is 2.21. The standard InChI is InChI=1S/C14H15Cl2F2NO2/c1-21-7-6-19(9-13(17)18)14(20)5-2-10-8-11(15)3-4-12(10)16/h2-5,8,13H,6-7,9H2,1H3/b5-2+. The summed E-state index contributed by atoms with van der Waals surface area (Å²) >= 11 is 11.8. The second kappa shape index (κ2) is 8.97. The van der Waals surface area contributed by atoms with Gasteiger partial charge in [-0.25, -0.2) is 8.78 Å². The van der Waals surface area contributed by atoms with Crippen molar-refractivity contribution in [2.45, 2.75) is 6.43 Å². The van der Waals surface area contributed by atoms with Gasteiger partial charge in [-0.05, 0) is 29.8 Å². The first-order chi connectivity index (χ1) is 9.93. The summed E-state index contributed by atoms with van der Waals surface area (Å²) in [5, 5.41) is 0.885. The Morgan fingerprint density at radius 2 is 2.14 bits per heavy atom. The summed E-state index contributed by atoms with van der Waals surface area (Å²) in [6.07, 6.45) is 0.0335. The lowest BCUT2D eigenvalue weighted by Gasteiger charge is -2.20. The summed E-state index contributed by atoms with van der Waals surface area (Å²) in [4.78, 5) is 12.9. The van der Waals surface area contributed by atoms with Crippen molar-refractivity contribution >= 4 is 35.2 Å². The van der Waals surface area contributed by atoms with Crippen LogP contribution in [0.3, 0.4) is 0 Å². The molecule has 0 atom stereocenters. The fourth-order valence-electron chi connectivity index (χ4n) is 1.57. The molecule has 0 aliphatic heterocycles. The molecule has 0 bridgehead atoms. The number of carbonyl (C=O) groups is 1. The summed E-state index contributed by atoms with van der Waals surface area (Å²) in [5.74, 6) is -0.539. The van der Waals surface area contributed by atoms with E-state index in [4.69, 9.17) is 27.9 Å². The number of alkyl halides is 2. The summed E-state index contributed by atoms with van der Waals surface area (Å²) in [6, 6.07) is 4.79. The molecule has 3 nitrogen and oxygen atoms in total. The van der Waals surface area contributed by atoms with Gasteiger partial charge in [0.25, 0.3) is 6.43 Å². The lowest BCUT2D eigenvalue weighted by molar-refractivity contribution is -0.128. The molecule has 7 heteroatoms. The average Bonchev–Trinajstić information content (AvgIpc) is 2.43. The van der Waals surface area contributed by atoms with E-state index in [0.29, 0.717) is 15.6 Å². The second-order valence-electron chi connectivity index (χ2n) is 4.17. The molecule has 0 aliphatic carbocycles. The smallest absolute Gasteiger partial charge is 0.255 e. The lowest BCUT2D eigenvalue weighted by atomic mass is 10.2. The first-order valence-electron chi connectivity index (χ1n) is 6.13. The van der Waals surface area contributed by atoms with E-state index in [1.807, 2.05) is 0 Å². The Hall–Kier alpha value is -1.17. The number of amides is 1. The van der Waals surface area contributed by atoms with E-state index in [-0.39, 0.29) is 13.2 Å². The van der Waals surface area contributed by atoms with Gasteiger partial charge in [-0.3, -0.25) is 4.79 Å². The lowest BCUT2D eigenvalue weighted by Crippen LogP contribution is -2.36. The molecule has 0 aromatic heterocycles. The van der Waals surface area contributed by atoms with E-state index in [9.17, 15) is 13.6 Å². The molecule has 116 valence electrons. The van der Waals surface area contributed by atoms with E-state index in [0.717, 1.165) is 4.90 Å². The number of hydrogen-bond acceptors (Lipinski definition) is 2. The molecule has 0 spiro atoms. The summed E-state index contributed by atoms with van der Waals surface area (Å²) in [6.45, 7) is -0.368. The molecular weight excluding hydrogens is 323 g/mol. The molecule has 21 heavy (non-hydrogen) atoms. The number of carbonyl (C=O) groups excluding carboxylic acids is 1. The predicted octanol–water partition coefficient (Wildman–Crippen LogP) is 3.75. The van der Waals surface area contributed by atoms with Crippen LogP contribution in [-0.2, 0) is 9.53 Å². The first kappa shape index (κ1) is 17.9. The van der Waals surface area contributed by atoms with Crippen LogP contribution in [0.5, 0.6) is 0 Å². The van der Waals surface area contributed by atoms with Crippen LogP contribution in [0.15, 0.2) is 24.3 Å². The van der Waals surface area contributed by atoms with Crippen LogP contribution < -0.4 is 0 Å². The molecule has 0 N–H and O–H groups in total. The van der Waals surface area contributed by atoms with E-state index in [1.165, 1.54) is 19.3 Å². The molecule has 0 saturated heterocycles. The van der Waals surface area contributed by atoms with Gasteiger partial charge >= 0.3 is 0 Å². The van der Waals surface area contributed by atoms with E-state index in [2.05, 4.69) is 0 Å². The molecule has 1 rings (SSSR count). The molecule has 0 heterocycles. The van der Waals surface area contributed by atoms with Gasteiger partial charge < -0.3 is 9.64 Å². The van der Waals surface area contributed by atoms with Crippen molar-refractivity contribution < 1.29 is 18.3 Å². The summed E-state index contributed by atoms with van der Waals surface area (Å²) in [7, 11) is 1.44. The largest absolute Gasteiger partial charge is 0.383 e. The van der Waals surface area contributed by atoms with E-state index >= 15 is 0 Å². The zero-order valence-corrected chi connectivity index (χ0v) is 12.9. The fourth-order valence-corrected chi connectivity index (χ4v) is 1.93. The number of halogens is 4. The summed E-state index contributed by atoms with van der Waals surface area (Å²) < 4.78 is 29.7. The maximum absolute atomic E-state index is 12.5. The van der Waals surface area contributed by atoms with Gasteiger partial charge in [-0.2, -0.15) is 0 Å². The minimum atomic E-state index is -2.60. The molecule has 1 amide bonds. The highest BCUT2D eigenvalue weighted by atomic mass is 35.5. The third kappa shape index (κ3) is 6.42. The molecule has 1 aromatic rings. The van der Waals surface area contributed by atoms with Gasteiger partial charge in [-0.15, -0.1) is 0 Å². The first-order valence-corrected chi connectivity index (χ1v) is 6.88. The van der Waals surface area contributed by atoms with Crippen LogP contribution in [0.4, 0.5) is 8.78 Å². The molecular formula is C14H15Cl2F2NO2. The minimum absolute atomic E-state index is 0.0906. The van der Waals surface area contributed by atoms with Crippen LogP contribution in [0.2, 0.25) is 10.0 Å². The maximum atomic E-state index is 12.5. The Morgan fingerprint density at radius 1 is 1.43 bits per heavy atom. The van der Waals surface area contributed by atoms with Gasteiger partial charge in [0.2, 0.25) is 5.91 Å². The number of rotatable bonds is 7. The highest BCUT2D eigenvalue weighted by molar-refractivity contribution is 6.34. The van der Waals surface area contributed by atoms with Crippen molar-refractivity contribution in [3.63, 3.8) is 0 Å². The Labute approximate surface area is 132 Å². The van der Waals surface area contributed by atoms with E-state index < -0.39 is 18.9 Å². The number of ether oxygens (including phenoxy) is 1. The third-order valence-corrected chi connectivity index (χ3v) is 3.18. The van der Waals surface area contributed by atoms with Crippen molar-refractivity contribution in [1.29, 1.82) is 0 Å². The van der Waals surface area contributed by atoms with Gasteiger partial charge in [0, 0.05) is 29.8 Å². The van der Waals surface area contributed by atoms with Crippen LogP contribution in [0.25, 0.3) is 6.08 Å². The average molecular weight is 338 g/mol. The quantitative estimate of drug-likeness (QED) is 0.709. The fraction of sp³-hybridized carbons (Fsp3) is 0.357. The number of nitrogens with zero attached hydrogens (tertiary/aromatic N) is 1. The molecule has 0 saturated carbocycles. The zero-order valence-electron chi connectivity index (χ0n) is 11.4. The Morgan fingerprint density at radius 3 is 2.76 bits per heavy atom. The monoisotopic (exact) mass is 337 g/mol. The van der Waals surface area contributed by atoms with Crippen molar-refractivity contribution in [3.8, 4) is 0 Å². The molecule has 0 unspecified atom stereocenters. The van der Waals surface area contributed by atoms with Crippen LogP contribution in [0, 0.1) is 0 Å². The Kier molecular flexibility index (Phi) is 7.64. The van der Waals surface area contributed by atoms with Crippen LogP contribution >= 0.6 is 23.2 Å². The maximum Gasteiger partial charge on any atom is 0.255 e. The third-order valence-electron chi connectivity index (χ3n) is 2.60. The number of hydrogen-bond donors (Lipinski definition) is 0. The molecule has 1 aromatic carbocycles. The summed E-state index contributed by atoms with van der Waals surface area (Å²) in [5.41, 5.74) is 0.543. The van der Waals surface area contributed by atoms with Gasteiger partial charge in [0.05, 0.1) is 13.2 Å². The number of benzene rings is 1. The Balaban J connectivity index is 2.79. The second-order valence-corrected chi connectivity index (χ2v) is 5.01. The van der Waals surface area contributed by atoms with Crippen LogP contribution in [0.1, 0.15) is 5.56 Å². The van der Waals surface area contributed by atoms with Crippen molar-refractivity contribution in [2.75, 3.05) is 26.8 Å². The van der Waals surface area contributed by atoms with Crippen molar-refractivity contribution in [1.82, 2.24) is 4.90 Å². The van der Waals surface area contributed by atoms with E-state index in [1.54, 1.807) is 18.2 Å². The van der Waals surface area contributed by atoms with Gasteiger partial charge in [0.15, 0.2) is 0 Å². The predicted molar refractivity (Wildman–Crippen MR) is 80.0 cm³/mol. The minimum Gasteiger partial charge on any atom is -0.383 e. The zero-order chi connectivity index (χ0) is 15.8. The van der Waals surface area contributed by atoms with Crippen molar-refractivity contribution in [2.24, 2.45) is 0 Å². The number of methoxy groups -OCH3 is 1. The van der Waals surface area contributed by atoms with Gasteiger partial charge in [-0.1, -0.05) is 23.2 Å². The molecule has 0 radical (unpaired) electrons. The van der Waals surface area contributed by atoms with Crippen LogP contribution in [-0.4, -0.2) is 44.0 Å². The molecule has 0 aliphatic rings. The molecule has 0 fully saturated rings. The normalized spacial score (nSPS) is 11.3. The Bertz CT molecular complexity index is 510. The SMILES string of the molecule is COCCN(CC(F)F)C(=O)/C=C/c1cc(Cl)ccc1Cl. The van der Waals surface area contributed by atoms with Crippen molar-refractivity contribution in [3.05, 3.63) is 39.9 Å².